The van der Waals surface area contributed by atoms with Gasteiger partial charge < -0.3 is 10.0 Å². The van der Waals surface area contributed by atoms with Gasteiger partial charge >= 0.3 is 6.18 Å². The van der Waals surface area contributed by atoms with Crippen molar-refractivity contribution < 1.29 is 23.1 Å². The van der Waals surface area contributed by atoms with E-state index < -0.39 is 24.2 Å². The minimum absolute atomic E-state index is 0.0290. The van der Waals surface area contributed by atoms with E-state index in [1.54, 1.807) is 18.2 Å². The standard InChI is InChI=1S/C15H18F3NO2/c1-4-13(20)19(10-14(3,21)15(16,17)18)9-12-7-5-6-11(2)8-12/h4-8,21H,1,9-10H2,2-3H3. The fraction of sp³-hybridized carbons (Fsp3) is 0.400. The first-order chi connectivity index (χ1) is 9.56. The molecule has 0 saturated carbocycles. The van der Waals surface area contributed by atoms with E-state index in [0.29, 0.717) is 12.5 Å². The van der Waals surface area contributed by atoms with E-state index in [-0.39, 0.29) is 6.54 Å². The number of aryl methyl sites for hydroxylation is 1. The molecule has 21 heavy (non-hydrogen) atoms. The van der Waals surface area contributed by atoms with Crippen molar-refractivity contribution >= 4 is 5.91 Å². The van der Waals surface area contributed by atoms with Crippen molar-refractivity contribution in [3.05, 3.63) is 48.0 Å². The van der Waals surface area contributed by atoms with Crippen molar-refractivity contribution in [2.24, 2.45) is 0 Å². The molecule has 0 aromatic heterocycles. The molecule has 1 atom stereocenters. The van der Waals surface area contributed by atoms with Crippen molar-refractivity contribution in [1.29, 1.82) is 0 Å². The Morgan fingerprint density at radius 2 is 2.05 bits per heavy atom. The lowest BCUT2D eigenvalue weighted by atomic mass is 10.0. The van der Waals surface area contributed by atoms with E-state index in [9.17, 15) is 23.1 Å². The topological polar surface area (TPSA) is 40.5 Å². The first kappa shape index (κ1) is 17.2. The second-order valence-electron chi connectivity index (χ2n) is 5.16. The number of amides is 1. The van der Waals surface area contributed by atoms with Crippen LogP contribution in [0, 0.1) is 6.92 Å². The Labute approximate surface area is 121 Å². The maximum atomic E-state index is 12.8. The Morgan fingerprint density at radius 3 is 2.52 bits per heavy atom. The molecule has 3 nitrogen and oxygen atoms in total. The van der Waals surface area contributed by atoms with Crippen LogP contribution >= 0.6 is 0 Å². The molecule has 0 saturated heterocycles. The van der Waals surface area contributed by atoms with Gasteiger partial charge in [0.2, 0.25) is 5.91 Å². The van der Waals surface area contributed by atoms with Crippen molar-refractivity contribution in [1.82, 2.24) is 4.90 Å². The van der Waals surface area contributed by atoms with Crippen LogP contribution in [0.25, 0.3) is 0 Å². The van der Waals surface area contributed by atoms with Crippen LogP contribution in [0.4, 0.5) is 13.2 Å². The quantitative estimate of drug-likeness (QED) is 0.850. The van der Waals surface area contributed by atoms with E-state index in [0.717, 1.165) is 16.5 Å². The average molecular weight is 301 g/mol. The lowest BCUT2D eigenvalue weighted by molar-refractivity contribution is -0.256. The summed E-state index contributed by atoms with van der Waals surface area (Å²) in [5, 5.41) is 9.55. The van der Waals surface area contributed by atoms with Crippen LogP contribution in [0.3, 0.4) is 0 Å². The summed E-state index contributed by atoms with van der Waals surface area (Å²) >= 11 is 0. The van der Waals surface area contributed by atoms with Gasteiger partial charge in [0.15, 0.2) is 5.60 Å². The van der Waals surface area contributed by atoms with Gasteiger partial charge in [0, 0.05) is 6.54 Å². The van der Waals surface area contributed by atoms with Crippen molar-refractivity contribution in [3.8, 4) is 0 Å². The molecule has 0 spiro atoms. The van der Waals surface area contributed by atoms with Crippen LogP contribution in [0.1, 0.15) is 18.1 Å². The first-order valence-electron chi connectivity index (χ1n) is 6.33. The summed E-state index contributed by atoms with van der Waals surface area (Å²) in [6.07, 6.45) is -3.89. The van der Waals surface area contributed by atoms with Crippen LogP contribution in [-0.4, -0.2) is 34.2 Å². The molecular formula is C15H18F3NO2. The number of rotatable bonds is 5. The Kier molecular flexibility index (Phi) is 5.17. The minimum atomic E-state index is -4.82. The summed E-state index contributed by atoms with van der Waals surface area (Å²) in [5.74, 6) is -0.666. The Balaban J connectivity index is 2.97. The molecule has 1 rings (SSSR count). The first-order valence-corrected chi connectivity index (χ1v) is 6.33. The van der Waals surface area contributed by atoms with Crippen LogP contribution in [-0.2, 0) is 11.3 Å². The summed E-state index contributed by atoms with van der Waals surface area (Å²) < 4.78 is 38.3. The molecule has 1 amide bonds. The second kappa shape index (κ2) is 6.30. The highest BCUT2D eigenvalue weighted by Gasteiger charge is 2.51. The lowest BCUT2D eigenvalue weighted by Gasteiger charge is -2.32. The number of alkyl halides is 3. The number of aliphatic hydroxyl groups is 1. The van der Waals surface area contributed by atoms with Gasteiger partial charge in [-0.1, -0.05) is 36.4 Å². The summed E-state index contributed by atoms with van der Waals surface area (Å²) in [6.45, 7) is 4.89. The van der Waals surface area contributed by atoms with Crippen molar-refractivity contribution in [3.63, 3.8) is 0 Å². The van der Waals surface area contributed by atoms with Gasteiger partial charge in [-0.15, -0.1) is 0 Å². The highest BCUT2D eigenvalue weighted by Crippen LogP contribution is 2.31. The molecular weight excluding hydrogens is 283 g/mol. The van der Waals surface area contributed by atoms with Crippen molar-refractivity contribution in [2.75, 3.05) is 6.54 Å². The highest BCUT2D eigenvalue weighted by atomic mass is 19.4. The number of hydrogen-bond acceptors (Lipinski definition) is 2. The van der Waals surface area contributed by atoms with Gasteiger partial charge in [0.25, 0.3) is 0 Å². The number of benzene rings is 1. The molecule has 0 fully saturated rings. The van der Waals surface area contributed by atoms with E-state index in [1.165, 1.54) is 0 Å². The molecule has 6 heteroatoms. The number of carbonyl (C=O) groups is 1. The SMILES string of the molecule is C=CC(=O)N(Cc1cccc(C)c1)CC(C)(O)C(F)(F)F. The van der Waals surface area contributed by atoms with E-state index in [4.69, 9.17) is 0 Å². The van der Waals surface area contributed by atoms with Crippen LogP contribution in [0.15, 0.2) is 36.9 Å². The molecule has 0 aliphatic heterocycles. The predicted molar refractivity (Wildman–Crippen MR) is 73.5 cm³/mol. The summed E-state index contributed by atoms with van der Waals surface area (Å²) in [4.78, 5) is 12.7. The predicted octanol–water partition coefficient (Wildman–Crippen LogP) is 2.82. The number of halogens is 3. The fourth-order valence-corrected chi connectivity index (χ4v) is 1.83. The Hall–Kier alpha value is -1.82. The zero-order valence-electron chi connectivity index (χ0n) is 11.9. The van der Waals surface area contributed by atoms with E-state index in [2.05, 4.69) is 6.58 Å². The van der Waals surface area contributed by atoms with Crippen molar-refractivity contribution in [2.45, 2.75) is 32.2 Å². The summed E-state index contributed by atoms with van der Waals surface area (Å²) in [5.41, 5.74) is -1.36. The van der Waals surface area contributed by atoms with Gasteiger partial charge in [-0.05, 0) is 25.5 Å². The molecule has 0 aliphatic carbocycles. The number of hydrogen-bond donors (Lipinski definition) is 1. The fourth-order valence-electron chi connectivity index (χ4n) is 1.83. The summed E-state index contributed by atoms with van der Waals surface area (Å²) in [7, 11) is 0. The monoisotopic (exact) mass is 301 g/mol. The zero-order valence-corrected chi connectivity index (χ0v) is 11.9. The zero-order chi connectivity index (χ0) is 16.3. The third kappa shape index (κ3) is 4.60. The number of nitrogens with zero attached hydrogens (tertiary/aromatic N) is 1. The van der Waals surface area contributed by atoms with Gasteiger partial charge in [0.05, 0.1) is 6.54 Å². The van der Waals surface area contributed by atoms with Crippen LogP contribution in [0.5, 0.6) is 0 Å². The second-order valence-corrected chi connectivity index (χ2v) is 5.16. The van der Waals surface area contributed by atoms with Gasteiger partial charge in [-0.3, -0.25) is 4.79 Å². The molecule has 1 aromatic carbocycles. The lowest BCUT2D eigenvalue weighted by Crippen LogP contribution is -2.52. The van der Waals surface area contributed by atoms with Gasteiger partial charge in [-0.25, -0.2) is 0 Å². The number of carbonyl (C=O) groups excluding carboxylic acids is 1. The molecule has 1 N–H and O–H groups in total. The Morgan fingerprint density at radius 1 is 1.43 bits per heavy atom. The minimum Gasteiger partial charge on any atom is -0.379 e. The summed E-state index contributed by atoms with van der Waals surface area (Å²) in [6, 6.07) is 7.07. The highest BCUT2D eigenvalue weighted by molar-refractivity contribution is 5.87. The molecule has 1 aromatic rings. The third-order valence-electron chi connectivity index (χ3n) is 3.05. The third-order valence-corrected chi connectivity index (χ3v) is 3.05. The molecule has 0 bridgehead atoms. The molecule has 0 heterocycles. The molecule has 1 unspecified atom stereocenters. The Bertz CT molecular complexity index is 524. The largest absolute Gasteiger partial charge is 0.418 e. The smallest absolute Gasteiger partial charge is 0.379 e. The molecule has 0 radical (unpaired) electrons. The molecule has 0 aliphatic rings. The van der Waals surface area contributed by atoms with Crippen LogP contribution < -0.4 is 0 Å². The van der Waals surface area contributed by atoms with Gasteiger partial charge in [0.1, 0.15) is 0 Å². The van der Waals surface area contributed by atoms with E-state index in [1.807, 2.05) is 13.0 Å². The maximum Gasteiger partial charge on any atom is 0.418 e. The van der Waals surface area contributed by atoms with Gasteiger partial charge in [-0.2, -0.15) is 13.2 Å². The normalized spacial score (nSPS) is 14.4. The molecule has 116 valence electrons. The van der Waals surface area contributed by atoms with E-state index >= 15 is 0 Å². The maximum absolute atomic E-state index is 12.8. The van der Waals surface area contributed by atoms with Crippen LogP contribution in [0.2, 0.25) is 0 Å². The average Bonchev–Trinajstić information content (AvgIpc) is 2.35.